The molecule has 4 nitrogen and oxygen atoms in total. The molecule has 2 amide bonds. The van der Waals surface area contributed by atoms with Gasteiger partial charge in [-0.2, -0.15) is 0 Å². The van der Waals surface area contributed by atoms with Gasteiger partial charge in [0.2, 0.25) is 5.91 Å². The van der Waals surface area contributed by atoms with Gasteiger partial charge in [0.05, 0.1) is 5.56 Å². The van der Waals surface area contributed by atoms with E-state index in [0.29, 0.717) is 16.9 Å². The van der Waals surface area contributed by atoms with Crippen molar-refractivity contribution in [3.63, 3.8) is 0 Å². The maximum absolute atomic E-state index is 12.3. The van der Waals surface area contributed by atoms with E-state index in [-0.39, 0.29) is 17.7 Å². The number of anilines is 2. The van der Waals surface area contributed by atoms with Crippen LogP contribution in [0.2, 0.25) is 0 Å². The Labute approximate surface area is 137 Å². The molecule has 2 N–H and O–H groups in total. The second-order valence-electron chi connectivity index (χ2n) is 5.28. The average molecular weight is 359 g/mol. The lowest BCUT2D eigenvalue weighted by Gasteiger charge is -2.09. The molecule has 0 radical (unpaired) electrons. The van der Waals surface area contributed by atoms with Crippen molar-refractivity contribution in [3.05, 3.63) is 58.6 Å². The van der Waals surface area contributed by atoms with Gasteiger partial charge in [-0.25, -0.2) is 0 Å². The summed E-state index contributed by atoms with van der Waals surface area (Å²) < 4.78 is 0.741. The molecule has 0 spiro atoms. The van der Waals surface area contributed by atoms with E-state index in [9.17, 15) is 9.59 Å². The van der Waals surface area contributed by atoms with Gasteiger partial charge in [-0.1, -0.05) is 18.2 Å². The van der Waals surface area contributed by atoms with E-state index in [1.807, 2.05) is 24.3 Å². The Morgan fingerprint density at radius 2 is 1.64 bits per heavy atom. The number of carbonyl (C=O) groups excluding carboxylic acids is 2. The van der Waals surface area contributed by atoms with E-state index in [0.717, 1.165) is 17.3 Å². The molecule has 5 heteroatoms. The number of halogens is 1. The molecule has 0 atom stereocenters. The van der Waals surface area contributed by atoms with Gasteiger partial charge in [-0.3, -0.25) is 9.59 Å². The van der Waals surface area contributed by atoms with Crippen LogP contribution in [0.4, 0.5) is 11.4 Å². The predicted octanol–water partition coefficient (Wildman–Crippen LogP) is 4.05. The molecule has 2 aromatic carbocycles. The quantitative estimate of drug-likeness (QED) is 0.865. The molecule has 2 aromatic rings. The lowest BCUT2D eigenvalue weighted by Crippen LogP contribution is -2.15. The van der Waals surface area contributed by atoms with Crippen molar-refractivity contribution in [3.8, 4) is 0 Å². The van der Waals surface area contributed by atoms with Gasteiger partial charge in [0, 0.05) is 21.8 Å². The fraction of sp³-hybridized carbons (Fsp3) is 0.176. The van der Waals surface area contributed by atoms with Crippen LogP contribution in [0.15, 0.2) is 53.0 Å². The molecular formula is C17H15BrN2O2. The van der Waals surface area contributed by atoms with Crippen LogP contribution >= 0.6 is 15.9 Å². The normalized spacial score (nSPS) is 13.5. The minimum absolute atomic E-state index is 0.0503. The zero-order valence-electron chi connectivity index (χ0n) is 11.8. The lowest BCUT2D eigenvalue weighted by atomic mass is 10.2. The predicted molar refractivity (Wildman–Crippen MR) is 89.9 cm³/mol. The first-order valence-corrected chi connectivity index (χ1v) is 7.89. The highest BCUT2D eigenvalue weighted by Crippen LogP contribution is 2.30. The highest BCUT2D eigenvalue weighted by Gasteiger charge is 2.29. The first-order valence-electron chi connectivity index (χ1n) is 7.10. The third kappa shape index (κ3) is 3.54. The molecular weight excluding hydrogens is 344 g/mol. The van der Waals surface area contributed by atoms with Crippen LogP contribution in [-0.4, -0.2) is 11.8 Å². The van der Waals surface area contributed by atoms with Crippen molar-refractivity contribution in [1.29, 1.82) is 0 Å². The standard InChI is InChI=1S/C17H15BrN2O2/c18-15-7-2-1-6-14(15)17(22)20-13-5-3-4-12(10-13)19-16(21)11-8-9-11/h1-7,10-11H,8-9H2,(H,19,21)(H,20,22). The Hall–Kier alpha value is -2.14. The summed E-state index contributed by atoms with van der Waals surface area (Å²) in [5.74, 6) is 0.00551. The fourth-order valence-electron chi connectivity index (χ4n) is 2.11. The third-order valence-corrected chi connectivity index (χ3v) is 4.15. The zero-order valence-corrected chi connectivity index (χ0v) is 13.4. The number of nitrogens with one attached hydrogen (secondary N) is 2. The van der Waals surface area contributed by atoms with Crippen molar-refractivity contribution in [1.82, 2.24) is 0 Å². The maximum atomic E-state index is 12.3. The van der Waals surface area contributed by atoms with E-state index in [2.05, 4.69) is 26.6 Å². The zero-order chi connectivity index (χ0) is 15.5. The van der Waals surface area contributed by atoms with Crippen molar-refractivity contribution in [2.75, 3.05) is 10.6 Å². The number of benzene rings is 2. The Kier molecular flexibility index (Phi) is 4.24. The van der Waals surface area contributed by atoms with Gasteiger partial charge in [0.1, 0.15) is 0 Å². The van der Waals surface area contributed by atoms with E-state index < -0.39 is 0 Å². The molecule has 1 saturated carbocycles. The van der Waals surface area contributed by atoms with E-state index in [4.69, 9.17) is 0 Å². The summed E-state index contributed by atoms with van der Waals surface area (Å²) in [6.07, 6.45) is 1.93. The van der Waals surface area contributed by atoms with Crippen LogP contribution < -0.4 is 10.6 Å². The highest BCUT2D eigenvalue weighted by molar-refractivity contribution is 9.10. The van der Waals surface area contributed by atoms with Crippen molar-refractivity contribution < 1.29 is 9.59 Å². The fourth-order valence-corrected chi connectivity index (χ4v) is 2.57. The summed E-state index contributed by atoms with van der Waals surface area (Å²) in [5.41, 5.74) is 1.91. The molecule has 22 heavy (non-hydrogen) atoms. The minimum atomic E-state index is -0.196. The van der Waals surface area contributed by atoms with Gasteiger partial charge in [0.15, 0.2) is 0 Å². The molecule has 0 aromatic heterocycles. The monoisotopic (exact) mass is 358 g/mol. The molecule has 1 fully saturated rings. The van der Waals surface area contributed by atoms with Crippen LogP contribution in [0.25, 0.3) is 0 Å². The van der Waals surface area contributed by atoms with Crippen molar-refractivity contribution >= 4 is 39.1 Å². The third-order valence-electron chi connectivity index (χ3n) is 3.45. The Bertz CT molecular complexity index is 726. The molecule has 112 valence electrons. The van der Waals surface area contributed by atoms with Gasteiger partial charge in [-0.05, 0) is 59.1 Å². The molecule has 0 bridgehead atoms. The van der Waals surface area contributed by atoms with Crippen molar-refractivity contribution in [2.24, 2.45) is 5.92 Å². The summed E-state index contributed by atoms with van der Waals surface area (Å²) in [6.45, 7) is 0. The topological polar surface area (TPSA) is 58.2 Å². The smallest absolute Gasteiger partial charge is 0.256 e. The number of carbonyl (C=O) groups is 2. The highest BCUT2D eigenvalue weighted by atomic mass is 79.9. The van der Waals surface area contributed by atoms with Crippen LogP contribution in [0.3, 0.4) is 0 Å². The summed E-state index contributed by atoms with van der Waals surface area (Å²) in [6, 6.07) is 14.4. The Morgan fingerprint density at radius 3 is 2.32 bits per heavy atom. The second kappa shape index (κ2) is 6.32. The van der Waals surface area contributed by atoms with Crippen molar-refractivity contribution in [2.45, 2.75) is 12.8 Å². The first kappa shape index (κ1) is 14.8. The lowest BCUT2D eigenvalue weighted by molar-refractivity contribution is -0.117. The van der Waals surface area contributed by atoms with Crippen LogP contribution in [0, 0.1) is 5.92 Å². The molecule has 0 saturated heterocycles. The van der Waals surface area contributed by atoms with E-state index in [1.165, 1.54) is 0 Å². The largest absolute Gasteiger partial charge is 0.326 e. The van der Waals surface area contributed by atoms with Crippen LogP contribution in [0.1, 0.15) is 23.2 Å². The molecule has 0 heterocycles. The number of hydrogen-bond donors (Lipinski definition) is 2. The number of hydrogen-bond acceptors (Lipinski definition) is 2. The van der Waals surface area contributed by atoms with Crippen LogP contribution in [-0.2, 0) is 4.79 Å². The summed E-state index contributed by atoms with van der Waals surface area (Å²) in [5, 5.41) is 5.71. The number of rotatable bonds is 4. The van der Waals surface area contributed by atoms with Gasteiger partial charge < -0.3 is 10.6 Å². The van der Waals surface area contributed by atoms with Gasteiger partial charge in [0.25, 0.3) is 5.91 Å². The Morgan fingerprint density at radius 1 is 0.955 bits per heavy atom. The molecule has 1 aliphatic rings. The minimum Gasteiger partial charge on any atom is -0.326 e. The molecule has 3 rings (SSSR count). The summed E-state index contributed by atoms with van der Waals surface area (Å²) in [4.78, 5) is 24.0. The Balaban J connectivity index is 1.71. The summed E-state index contributed by atoms with van der Waals surface area (Å²) in [7, 11) is 0. The van der Waals surface area contributed by atoms with E-state index in [1.54, 1.807) is 24.3 Å². The summed E-state index contributed by atoms with van der Waals surface area (Å²) >= 11 is 3.36. The molecule has 1 aliphatic carbocycles. The van der Waals surface area contributed by atoms with E-state index >= 15 is 0 Å². The number of amides is 2. The SMILES string of the molecule is O=C(Nc1cccc(NC(=O)C2CC2)c1)c1ccccc1Br. The average Bonchev–Trinajstić information content (AvgIpc) is 3.32. The van der Waals surface area contributed by atoms with Gasteiger partial charge in [-0.15, -0.1) is 0 Å². The second-order valence-corrected chi connectivity index (χ2v) is 6.13. The molecule has 0 aliphatic heterocycles. The first-order chi connectivity index (χ1) is 10.6. The van der Waals surface area contributed by atoms with Crippen LogP contribution in [0.5, 0.6) is 0 Å². The maximum Gasteiger partial charge on any atom is 0.256 e. The van der Waals surface area contributed by atoms with Gasteiger partial charge >= 0.3 is 0 Å². The molecule has 0 unspecified atom stereocenters.